The number of hydrogen-bond acceptors (Lipinski definition) is 5. The maximum Gasteiger partial charge on any atom is 0.263 e. The molecule has 21 heavy (non-hydrogen) atoms. The quantitative estimate of drug-likeness (QED) is 0.477. The molecule has 1 aliphatic rings. The molecule has 1 aromatic rings. The fourth-order valence-electron chi connectivity index (χ4n) is 1.76. The first-order valence-electron chi connectivity index (χ1n) is 5.76. The third-order valence-corrected chi connectivity index (χ3v) is 3.57. The van der Waals surface area contributed by atoms with Crippen molar-refractivity contribution in [2.24, 2.45) is 0 Å². The van der Waals surface area contributed by atoms with Crippen LogP contribution in [-0.2, 0) is 9.59 Å². The average molecular weight is 371 g/mol. The summed E-state index contributed by atoms with van der Waals surface area (Å²) in [5, 5.41) is 4.73. The van der Waals surface area contributed by atoms with Gasteiger partial charge in [0.1, 0.15) is 17.1 Å². The van der Waals surface area contributed by atoms with Gasteiger partial charge in [-0.25, -0.2) is 0 Å². The van der Waals surface area contributed by atoms with E-state index in [9.17, 15) is 9.59 Å². The molecule has 0 aromatic heterocycles. The number of methoxy groups -OCH3 is 2. The lowest BCUT2D eigenvalue weighted by Crippen LogP contribution is -2.51. The molecule has 2 rings (SSSR count). The molecule has 0 saturated carbocycles. The number of carbonyl (C=O) groups excluding carboxylic acids is 2. The molecular formula is C13H11BrN2O4S. The fraction of sp³-hybridized carbons (Fsp3) is 0.154. The van der Waals surface area contributed by atoms with Crippen LogP contribution in [-0.4, -0.2) is 31.1 Å². The van der Waals surface area contributed by atoms with E-state index in [1.54, 1.807) is 12.1 Å². The normalized spacial score (nSPS) is 14.4. The predicted octanol–water partition coefficient (Wildman–Crippen LogP) is 1.38. The molecule has 8 heteroatoms. The summed E-state index contributed by atoms with van der Waals surface area (Å²) in [7, 11) is 3.02. The van der Waals surface area contributed by atoms with Gasteiger partial charge in [-0.2, -0.15) is 0 Å². The highest BCUT2D eigenvalue weighted by molar-refractivity contribution is 9.10. The van der Waals surface area contributed by atoms with Crippen molar-refractivity contribution in [3.05, 3.63) is 27.7 Å². The van der Waals surface area contributed by atoms with Gasteiger partial charge < -0.3 is 9.47 Å². The summed E-state index contributed by atoms with van der Waals surface area (Å²) in [6.45, 7) is 0. The second-order valence-corrected chi connectivity index (χ2v) is 5.29. The van der Waals surface area contributed by atoms with Crippen molar-refractivity contribution in [1.82, 2.24) is 10.6 Å². The molecule has 0 bridgehead atoms. The zero-order valence-corrected chi connectivity index (χ0v) is 13.6. The van der Waals surface area contributed by atoms with Gasteiger partial charge in [0, 0.05) is 11.6 Å². The molecule has 0 aliphatic carbocycles. The molecular weight excluding hydrogens is 360 g/mol. The van der Waals surface area contributed by atoms with E-state index < -0.39 is 11.8 Å². The van der Waals surface area contributed by atoms with Gasteiger partial charge in [-0.1, -0.05) is 0 Å². The number of thiocarbonyl (C=S) groups is 1. The minimum atomic E-state index is -0.558. The van der Waals surface area contributed by atoms with Crippen molar-refractivity contribution in [3.63, 3.8) is 0 Å². The van der Waals surface area contributed by atoms with Gasteiger partial charge in [-0.15, -0.1) is 0 Å². The zero-order valence-electron chi connectivity index (χ0n) is 11.2. The van der Waals surface area contributed by atoms with Crippen LogP contribution in [0.2, 0.25) is 0 Å². The second kappa shape index (κ2) is 6.23. The summed E-state index contributed by atoms with van der Waals surface area (Å²) in [5.74, 6) is -0.0699. The van der Waals surface area contributed by atoms with E-state index in [0.29, 0.717) is 21.5 Å². The number of carbonyl (C=O) groups is 2. The highest BCUT2D eigenvalue weighted by Crippen LogP contribution is 2.34. The Morgan fingerprint density at radius 2 is 1.67 bits per heavy atom. The van der Waals surface area contributed by atoms with Gasteiger partial charge in [-0.05, 0) is 40.3 Å². The number of rotatable bonds is 3. The largest absolute Gasteiger partial charge is 0.496 e. The number of amides is 2. The molecule has 1 fully saturated rings. The fourth-order valence-corrected chi connectivity index (χ4v) is 2.47. The third kappa shape index (κ3) is 3.22. The predicted molar refractivity (Wildman–Crippen MR) is 84.1 cm³/mol. The van der Waals surface area contributed by atoms with Crippen LogP contribution < -0.4 is 20.1 Å². The molecule has 1 heterocycles. The first-order valence-corrected chi connectivity index (χ1v) is 6.96. The first kappa shape index (κ1) is 15.5. The number of ether oxygens (including phenoxy) is 2. The van der Waals surface area contributed by atoms with Gasteiger partial charge in [0.05, 0.1) is 18.7 Å². The molecule has 2 N–H and O–H groups in total. The van der Waals surface area contributed by atoms with E-state index >= 15 is 0 Å². The SMILES string of the molecule is COc1cc(OC)c(C=C2C(=O)NC(=S)NC2=O)cc1Br. The van der Waals surface area contributed by atoms with Crippen LogP contribution in [0.25, 0.3) is 6.08 Å². The Balaban J connectivity index is 2.49. The van der Waals surface area contributed by atoms with Gasteiger partial charge in [0.2, 0.25) is 0 Å². The molecule has 2 amide bonds. The number of halogens is 1. The Morgan fingerprint density at radius 1 is 1.10 bits per heavy atom. The van der Waals surface area contributed by atoms with E-state index in [2.05, 4.69) is 26.6 Å². The molecule has 1 aliphatic heterocycles. The molecule has 0 radical (unpaired) electrons. The van der Waals surface area contributed by atoms with Crippen molar-refractivity contribution < 1.29 is 19.1 Å². The summed E-state index contributed by atoms with van der Waals surface area (Å²) in [6.07, 6.45) is 1.43. The Hall–Kier alpha value is -1.93. The highest BCUT2D eigenvalue weighted by atomic mass is 79.9. The Bertz CT molecular complexity index is 650. The van der Waals surface area contributed by atoms with Crippen molar-refractivity contribution in [3.8, 4) is 11.5 Å². The standard InChI is InChI=1S/C13H11BrN2O4S/c1-19-9-5-10(20-2)8(14)4-6(9)3-7-11(17)15-13(21)16-12(7)18/h3-5H,1-2H3,(H2,15,16,17,18,21). The van der Waals surface area contributed by atoms with Gasteiger partial charge in [0.25, 0.3) is 11.8 Å². The van der Waals surface area contributed by atoms with Crippen LogP contribution in [0.4, 0.5) is 0 Å². The van der Waals surface area contributed by atoms with Crippen LogP contribution in [0, 0.1) is 0 Å². The van der Waals surface area contributed by atoms with Crippen LogP contribution in [0.15, 0.2) is 22.2 Å². The lowest BCUT2D eigenvalue weighted by molar-refractivity contribution is -0.123. The van der Waals surface area contributed by atoms with E-state index in [-0.39, 0.29) is 10.7 Å². The minimum Gasteiger partial charge on any atom is -0.496 e. The van der Waals surface area contributed by atoms with Gasteiger partial charge in [-0.3, -0.25) is 20.2 Å². The van der Waals surface area contributed by atoms with Crippen molar-refractivity contribution in [1.29, 1.82) is 0 Å². The van der Waals surface area contributed by atoms with Crippen LogP contribution in [0.1, 0.15) is 5.56 Å². The number of benzene rings is 1. The van der Waals surface area contributed by atoms with E-state index in [1.807, 2.05) is 0 Å². The molecule has 110 valence electrons. The first-order chi connectivity index (χ1) is 9.96. The van der Waals surface area contributed by atoms with Gasteiger partial charge >= 0.3 is 0 Å². The van der Waals surface area contributed by atoms with E-state index in [0.717, 1.165) is 0 Å². The topological polar surface area (TPSA) is 76.7 Å². The Morgan fingerprint density at radius 3 is 2.19 bits per heavy atom. The number of nitrogens with one attached hydrogen (secondary N) is 2. The highest BCUT2D eigenvalue weighted by Gasteiger charge is 2.26. The van der Waals surface area contributed by atoms with Crippen molar-refractivity contribution >= 4 is 51.2 Å². The molecule has 6 nitrogen and oxygen atoms in total. The van der Waals surface area contributed by atoms with E-state index in [1.165, 1.54) is 20.3 Å². The Labute approximate surface area is 134 Å². The third-order valence-electron chi connectivity index (χ3n) is 2.75. The zero-order chi connectivity index (χ0) is 15.6. The van der Waals surface area contributed by atoms with Crippen LogP contribution >= 0.6 is 28.1 Å². The smallest absolute Gasteiger partial charge is 0.263 e. The molecule has 1 aromatic carbocycles. The van der Waals surface area contributed by atoms with Crippen molar-refractivity contribution in [2.75, 3.05) is 14.2 Å². The molecule has 0 spiro atoms. The molecule has 0 unspecified atom stereocenters. The van der Waals surface area contributed by atoms with Crippen molar-refractivity contribution in [2.45, 2.75) is 0 Å². The monoisotopic (exact) mass is 370 g/mol. The lowest BCUT2D eigenvalue weighted by atomic mass is 10.1. The average Bonchev–Trinajstić information content (AvgIpc) is 2.43. The maximum atomic E-state index is 11.8. The van der Waals surface area contributed by atoms with Crippen LogP contribution in [0.5, 0.6) is 11.5 Å². The molecule has 1 saturated heterocycles. The van der Waals surface area contributed by atoms with E-state index in [4.69, 9.17) is 21.7 Å². The summed E-state index contributed by atoms with van der Waals surface area (Å²) < 4.78 is 11.1. The second-order valence-electron chi connectivity index (χ2n) is 4.02. The maximum absolute atomic E-state index is 11.8. The Kier molecular flexibility index (Phi) is 4.59. The minimum absolute atomic E-state index is 0.00923. The van der Waals surface area contributed by atoms with Gasteiger partial charge in [0.15, 0.2) is 5.11 Å². The lowest BCUT2D eigenvalue weighted by Gasteiger charge is -2.17. The summed E-state index contributed by atoms with van der Waals surface area (Å²) in [6, 6.07) is 3.35. The number of hydrogen-bond donors (Lipinski definition) is 2. The summed E-state index contributed by atoms with van der Waals surface area (Å²) >= 11 is 8.08. The van der Waals surface area contributed by atoms with Crippen LogP contribution in [0.3, 0.4) is 0 Å². The molecule has 0 atom stereocenters. The summed E-state index contributed by atoms with van der Waals surface area (Å²) in [5.41, 5.74) is 0.497. The summed E-state index contributed by atoms with van der Waals surface area (Å²) in [4.78, 5) is 23.6.